The van der Waals surface area contributed by atoms with Crippen LogP contribution in [0.1, 0.15) is 28.7 Å². The van der Waals surface area contributed by atoms with Crippen molar-refractivity contribution in [3.05, 3.63) is 82.4 Å². The third kappa shape index (κ3) is 8.12. The SMILES string of the molecule is Cc1ccc(-c2cc(OC(=O)N(C)c3cc(F)cc4c3OCOC4)nc(Nc3ccc(OCCCN4CCN(C)CC4)c(F)c3)n2)c(C)c1C. The normalized spacial score (nSPS) is 14.9. The topological polar surface area (TPSA) is 102 Å². The summed E-state index contributed by atoms with van der Waals surface area (Å²) in [5, 5.41) is 3.05. The van der Waals surface area contributed by atoms with Gasteiger partial charge in [0.25, 0.3) is 0 Å². The van der Waals surface area contributed by atoms with E-state index in [1.807, 2.05) is 32.9 Å². The molecule has 1 fully saturated rings. The van der Waals surface area contributed by atoms with E-state index in [2.05, 4.69) is 27.1 Å². The monoisotopic (exact) mass is 688 g/mol. The number of nitrogens with zero attached hydrogens (tertiary/aromatic N) is 5. The van der Waals surface area contributed by atoms with Gasteiger partial charge in [0.2, 0.25) is 11.8 Å². The molecular formula is C37H42F2N6O5. The summed E-state index contributed by atoms with van der Waals surface area (Å²) in [4.78, 5) is 28.4. The summed E-state index contributed by atoms with van der Waals surface area (Å²) < 4.78 is 52.0. The van der Waals surface area contributed by atoms with Gasteiger partial charge >= 0.3 is 6.09 Å². The Kier molecular flexibility index (Phi) is 10.8. The first-order valence-corrected chi connectivity index (χ1v) is 16.6. The van der Waals surface area contributed by atoms with Crippen molar-refractivity contribution in [1.82, 2.24) is 19.8 Å². The molecule has 0 spiro atoms. The lowest BCUT2D eigenvalue weighted by Crippen LogP contribution is -2.44. The number of aryl methyl sites for hydroxylation is 1. The first-order chi connectivity index (χ1) is 24.0. The van der Waals surface area contributed by atoms with E-state index < -0.39 is 17.7 Å². The van der Waals surface area contributed by atoms with Crippen LogP contribution in [0, 0.1) is 32.4 Å². The van der Waals surface area contributed by atoms with Crippen LogP contribution in [-0.2, 0) is 11.3 Å². The summed E-state index contributed by atoms with van der Waals surface area (Å²) in [6, 6.07) is 12.5. The third-order valence-corrected chi connectivity index (χ3v) is 9.18. The molecule has 0 atom stereocenters. The molecule has 50 heavy (non-hydrogen) atoms. The van der Waals surface area contributed by atoms with Gasteiger partial charge in [-0.15, -0.1) is 0 Å². The molecule has 4 aromatic rings. The molecule has 1 aromatic heterocycles. The lowest BCUT2D eigenvalue weighted by molar-refractivity contribution is -0.0161. The van der Waals surface area contributed by atoms with Crippen LogP contribution < -0.4 is 24.4 Å². The molecule has 1 N–H and O–H groups in total. The first-order valence-electron chi connectivity index (χ1n) is 16.6. The van der Waals surface area contributed by atoms with Gasteiger partial charge in [-0.05, 0) is 69.1 Å². The molecule has 3 heterocycles. The molecule has 2 aliphatic rings. The van der Waals surface area contributed by atoms with Gasteiger partial charge in [-0.25, -0.2) is 18.6 Å². The Morgan fingerprint density at radius 3 is 2.58 bits per heavy atom. The zero-order valence-electron chi connectivity index (χ0n) is 29.0. The Morgan fingerprint density at radius 1 is 1.00 bits per heavy atom. The van der Waals surface area contributed by atoms with Crippen LogP contribution in [0.4, 0.5) is 30.9 Å². The highest BCUT2D eigenvalue weighted by atomic mass is 19.1. The van der Waals surface area contributed by atoms with Crippen molar-refractivity contribution >= 4 is 23.4 Å². The molecular weight excluding hydrogens is 646 g/mol. The summed E-state index contributed by atoms with van der Waals surface area (Å²) in [5.41, 5.74) is 5.53. The number of rotatable bonds is 10. The molecule has 0 bridgehead atoms. The van der Waals surface area contributed by atoms with Crippen molar-refractivity contribution in [2.45, 2.75) is 33.8 Å². The smallest absolute Gasteiger partial charge is 0.420 e. The van der Waals surface area contributed by atoms with Crippen molar-refractivity contribution in [2.24, 2.45) is 0 Å². The molecule has 0 saturated carbocycles. The van der Waals surface area contributed by atoms with Gasteiger partial charge in [0.1, 0.15) is 5.82 Å². The lowest BCUT2D eigenvalue weighted by atomic mass is 9.97. The standard InChI is InChI=1S/C37H42F2N6O5/c1-23-7-9-29(25(3)24(23)2)31-20-34(50-37(46)44(5)32-18-27(38)17-26-21-47-22-49-35(26)32)42-36(41-31)40-28-8-10-33(30(39)19-28)48-16-6-11-45-14-12-43(4)13-15-45/h7-10,17-20H,6,11-16,21-22H2,1-5H3,(H,40,41,42). The summed E-state index contributed by atoms with van der Waals surface area (Å²) in [5.74, 6) is -0.588. The maximum absolute atomic E-state index is 15.2. The van der Waals surface area contributed by atoms with Gasteiger partial charge in [0.05, 0.1) is 24.6 Å². The molecule has 0 aliphatic carbocycles. The number of carbonyl (C=O) groups excluding carboxylic acids is 1. The molecule has 6 rings (SSSR count). The number of hydrogen-bond donors (Lipinski definition) is 1. The van der Waals surface area contributed by atoms with Crippen molar-refractivity contribution < 1.29 is 32.5 Å². The lowest BCUT2D eigenvalue weighted by Gasteiger charge is -2.32. The number of anilines is 3. The zero-order valence-corrected chi connectivity index (χ0v) is 29.0. The second-order valence-corrected chi connectivity index (χ2v) is 12.7. The maximum Gasteiger partial charge on any atom is 0.420 e. The van der Waals surface area contributed by atoms with E-state index >= 15 is 4.39 Å². The predicted molar refractivity (Wildman–Crippen MR) is 187 cm³/mol. The van der Waals surface area contributed by atoms with E-state index in [4.69, 9.17) is 23.9 Å². The van der Waals surface area contributed by atoms with Gasteiger partial charge in [-0.2, -0.15) is 4.98 Å². The van der Waals surface area contributed by atoms with Crippen molar-refractivity contribution in [1.29, 1.82) is 0 Å². The summed E-state index contributed by atoms with van der Waals surface area (Å²) in [7, 11) is 3.57. The average Bonchev–Trinajstić information content (AvgIpc) is 3.10. The number of piperazine rings is 1. The molecule has 1 amide bonds. The number of likely N-dealkylation sites (N-methyl/N-ethyl adjacent to an activating group) is 1. The van der Waals surface area contributed by atoms with Gasteiger partial charge in [-0.1, -0.05) is 12.1 Å². The average molecular weight is 689 g/mol. The zero-order chi connectivity index (χ0) is 35.4. The molecule has 0 radical (unpaired) electrons. The molecule has 3 aromatic carbocycles. The largest absolute Gasteiger partial charge is 0.490 e. The number of halogens is 2. The van der Waals surface area contributed by atoms with Crippen molar-refractivity contribution in [2.75, 3.05) is 70.4 Å². The highest BCUT2D eigenvalue weighted by molar-refractivity contribution is 5.91. The van der Waals surface area contributed by atoms with Crippen LogP contribution in [-0.4, -0.2) is 86.1 Å². The van der Waals surface area contributed by atoms with Crippen LogP contribution in [0.5, 0.6) is 17.4 Å². The quantitative estimate of drug-likeness (QED) is 0.183. The number of nitrogens with one attached hydrogen (secondary N) is 1. The van der Waals surface area contributed by atoms with Crippen LogP contribution in [0.15, 0.2) is 48.5 Å². The second-order valence-electron chi connectivity index (χ2n) is 12.7. The number of amides is 1. The van der Waals surface area contributed by atoms with E-state index in [0.29, 0.717) is 29.3 Å². The van der Waals surface area contributed by atoms with Gasteiger partial charge in [0, 0.05) is 74.8 Å². The number of fused-ring (bicyclic) bond motifs is 1. The molecule has 1 saturated heterocycles. The van der Waals surface area contributed by atoms with E-state index in [0.717, 1.165) is 66.3 Å². The van der Waals surface area contributed by atoms with Crippen LogP contribution in [0.3, 0.4) is 0 Å². The van der Waals surface area contributed by atoms with Gasteiger partial charge in [-0.3, -0.25) is 4.90 Å². The molecule has 11 nitrogen and oxygen atoms in total. The minimum Gasteiger partial charge on any atom is -0.490 e. The van der Waals surface area contributed by atoms with Crippen LogP contribution >= 0.6 is 0 Å². The number of hydrogen-bond acceptors (Lipinski definition) is 10. The molecule has 264 valence electrons. The fourth-order valence-corrected chi connectivity index (χ4v) is 5.94. The highest BCUT2D eigenvalue weighted by Crippen LogP contribution is 2.36. The minimum atomic E-state index is -0.833. The van der Waals surface area contributed by atoms with Crippen molar-refractivity contribution in [3.63, 3.8) is 0 Å². The van der Waals surface area contributed by atoms with Gasteiger partial charge < -0.3 is 34.1 Å². The Morgan fingerprint density at radius 2 is 1.80 bits per heavy atom. The van der Waals surface area contributed by atoms with Crippen LogP contribution in [0.2, 0.25) is 0 Å². The summed E-state index contributed by atoms with van der Waals surface area (Å²) in [6.45, 7) is 11.6. The van der Waals surface area contributed by atoms with E-state index in [-0.39, 0.29) is 36.7 Å². The number of aromatic nitrogens is 2. The Balaban J connectivity index is 1.21. The Hall–Kier alpha value is -4.85. The van der Waals surface area contributed by atoms with Crippen molar-refractivity contribution in [3.8, 4) is 28.6 Å². The molecule has 0 unspecified atom stereocenters. The summed E-state index contributed by atoms with van der Waals surface area (Å²) >= 11 is 0. The number of benzene rings is 3. The second kappa shape index (κ2) is 15.4. The Bertz CT molecular complexity index is 1870. The highest BCUT2D eigenvalue weighted by Gasteiger charge is 2.25. The number of carbonyl (C=O) groups is 1. The van der Waals surface area contributed by atoms with E-state index in [1.165, 1.54) is 25.2 Å². The summed E-state index contributed by atoms with van der Waals surface area (Å²) in [6.07, 6.45) is -0.0397. The minimum absolute atomic E-state index is 0.0290. The predicted octanol–water partition coefficient (Wildman–Crippen LogP) is 6.61. The van der Waals surface area contributed by atoms with Crippen LogP contribution in [0.25, 0.3) is 11.3 Å². The maximum atomic E-state index is 15.2. The third-order valence-electron chi connectivity index (χ3n) is 9.18. The van der Waals surface area contributed by atoms with E-state index in [9.17, 15) is 9.18 Å². The fourth-order valence-electron chi connectivity index (χ4n) is 5.94. The first kappa shape index (κ1) is 35.0. The fraction of sp³-hybridized carbons (Fsp3) is 0.378. The Labute approximate surface area is 290 Å². The molecule has 2 aliphatic heterocycles. The number of ether oxygens (including phenoxy) is 4. The van der Waals surface area contributed by atoms with E-state index in [1.54, 1.807) is 18.2 Å². The molecule has 13 heteroatoms. The van der Waals surface area contributed by atoms with Gasteiger partial charge in [0.15, 0.2) is 24.1 Å².